The highest BCUT2D eigenvalue weighted by Crippen LogP contribution is 2.29. The number of halogens is 4. The summed E-state index contributed by atoms with van der Waals surface area (Å²) in [7, 11) is 0. The van der Waals surface area contributed by atoms with Crippen molar-refractivity contribution in [2.24, 2.45) is 0 Å². The number of carbonyl (C=O) groups excluding carboxylic acids is 1. The van der Waals surface area contributed by atoms with Gasteiger partial charge in [-0.05, 0) is 11.8 Å². The van der Waals surface area contributed by atoms with Gasteiger partial charge in [0.1, 0.15) is 5.01 Å². The van der Waals surface area contributed by atoms with Gasteiger partial charge in [-0.25, -0.2) is 4.98 Å². The van der Waals surface area contributed by atoms with E-state index in [9.17, 15) is 18.0 Å². The van der Waals surface area contributed by atoms with Crippen molar-refractivity contribution < 1.29 is 18.0 Å². The van der Waals surface area contributed by atoms with E-state index in [1.165, 1.54) is 11.3 Å². The van der Waals surface area contributed by atoms with Crippen LogP contribution in [0.2, 0.25) is 0 Å². The number of hydrogen-bond donors (Lipinski definition) is 1. The Bertz CT molecular complexity index is 397. The molecule has 1 aromatic heterocycles. The fourth-order valence-electron chi connectivity index (χ4n) is 1.05. The van der Waals surface area contributed by atoms with E-state index in [0.29, 0.717) is 10.7 Å². The van der Waals surface area contributed by atoms with Crippen molar-refractivity contribution in [2.45, 2.75) is 17.8 Å². The van der Waals surface area contributed by atoms with E-state index in [1.54, 1.807) is 5.38 Å². The van der Waals surface area contributed by atoms with Crippen molar-refractivity contribution in [3.63, 3.8) is 0 Å². The molecule has 1 amide bonds. The van der Waals surface area contributed by atoms with Crippen LogP contribution in [0.5, 0.6) is 0 Å². The molecule has 1 N–H and O–H groups in total. The second-order valence-electron chi connectivity index (χ2n) is 3.19. The fourth-order valence-corrected chi connectivity index (χ4v) is 2.51. The summed E-state index contributed by atoms with van der Waals surface area (Å²) >= 11 is 6.70. The SMILES string of the molecule is O=C(Cc1nc(CCl)cs1)NCCSC(F)(F)F. The molecule has 0 aliphatic rings. The van der Waals surface area contributed by atoms with Crippen LogP contribution in [-0.4, -0.2) is 28.7 Å². The third kappa shape index (κ3) is 6.46. The van der Waals surface area contributed by atoms with E-state index < -0.39 is 5.51 Å². The zero-order valence-electron chi connectivity index (χ0n) is 9.09. The number of nitrogens with one attached hydrogen (secondary N) is 1. The number of carbonyl (C=O) groups is 1. The number of nitrogens with zero attached hydrogens (tertiary/aromatic N) is 1. The molecule has 3 nitrogen and oxygen atoms in total. The van der Waals surface area contributed by atoms with Gasteiger partial charge in [0.2, 0.25) is 5.91 Å². The summed E-state index contributed by atoms with van der Waals surface area (Å²) in [4.78, 5) is 15.4. The monoisotopic (exact) mass is 318 g/mol. The third-order valence-corrected chi connectivity index (χ3v) is 3.64. The Balaban J connectivity index is 2.21. The normalized spacial score (nSPS) is 11.6. The van der Waals surface area contributed by atoms with Gasteiger partial charge in [0.25, 0.3) is 0 Å². The number of alkyl halides is 4. The average molecular weight is 319 g/mol. The lowest BCUT2D eigenvalue weighted by atomic mass is 10.4. The maximum Gasteiger partial charge on any atom is 0.441 e. The van der Waals surface area contributed by atoms with Crippen LogP contribution in [0.4, 0.5) is 13.2 Å². The molecule has 0 saturated heterocycles. The molecular formula is C9H10ClF3N2OS2. The van der Waals surface area contributed by atoms with Crippen molar-refractivity contribution in [3.05, 3.63) is 16.1 Å². The molecule has 1 aromatic rings. The highest BCUT2D eigenvalue weighted by atomic mass is 35.5. The highest BCUT2D eigenvalue weighted by molar-refractivity contribution is 8.00. The lowest BCUT2D eigenvalue weighted by Gasteiger charge is -2.06. The molecule has 1 rings (SSSR count). The summed E-state index contributed by atoms with van der Waals surface area (Å²) in [5, 5.41) is 4.75. The molecule has 9 heteroatoms. The largest absolute Gasteiger partial charge is 0.441 e. The van der Waals surface area contributed by atoms with Gasteiger partial charge >= 0.3 is 5.51 Å². The molecule has 0 aromatic carbocycles. The van der Waals surface area contributed by atoms with Crippen LogP contribution in [0.15, 0.2) is 5.38 Å². The molecule has 0 aliphatic heterocycles. The Labute approximate surface area is 115 Å². The first-order valence-electron chi connectivity index (χ1n) is 4.87. The molecule has 1 heterocycles. The number of hydrogen-bond acceptors (Lipinski definition) is 4. The molecule has 102 valence electrons. The maximum atomic E-state index is 11.8. The Kier molecular flexibility index (Phi) is 6.24. The van der Waals surface area contributed by atoms with Gasteiger partial charge < -0.3 is 5.32 Å². The molecule has 0 radical (unpaired) electrons. The van der Waals surface area contributed by atoms with Gasteiger partial charge in [0, 0.05) is 17.7 Å². The van der Waals surface area contributed by atoms with Crippen LogP contribution in [0.25, 0.3) is 0 Å². The second kappa shape index (κ2) is 7.20. The minimum Gasteiger partial charge on any atom is -0.355 e. The number of aromatic nitrogens is 1. The molecule has 0 atom stereocenters. The second-order valence-corrected chi connectivity index (χ2v) is 5.56. The minimum absolute atomic E-state index is 0.0171. The van der Waals surface area contributed by atoms with Crippen LogP contribution in [0.1, 0.15) is 10.7 Å². The minimum atomic E-state index is -4.25. The summed E-state index contributed by atoms with van der Waals surface area (Å²) in [6.45, 7) is -0.0171. The number of rotatable bonds is 6. The molecule has 18 heavy (non-hydrogen) atoms. The predicted molar refractivity (Wildman–Crippen MR) is 66.9 cm³/mol. The smallest absolute Gasteiger partial charge is 0.355 e. The van der Waals surface area contributed by atoms with Gasteiger partial charge in [-0.2, -0.15) is 13.2 Å². The average Bonchev–Trinajstić information content (AvgIpc) is 2.71. The summed E-state index contributed by atoms with van der Waals surface area (Å²) in [6.07, 6.45) is 0.0677. The van der Waals surface area contributed by atoms with Crippen molar-refractivity contribution in [2.75, 3.05) is 12.3 Å². The first-order chi connectivity index (χ1) is 8.40. The number of amides is 1. The Hall–Kier alpha value is -0.470. The fraction of sp³-hybridized carbons (Fsp3) is 0.556. The summed E-state index contributed by atoms with van der Waals surface area (Å²) < 4.78 is 35.4. The van der Waals surface area contributed by atoms with Gasteiger partial charge in [-0.3, -0.25) is 4.79 Å². The number of thiazole rings is 1. The van der Waals surface area contributed by atoms with Gasteiger partial charge in [0.15, 0.2) is 0 Å². The predicted octanol–water partition coefficient (Wildman–Crippen LogP) is 2.79. The Morgan fingerprint density at radius 3 is 2.83 bits per heavy atom. The van der Waals surface area contributed by atoms with E-state index in [-0.39, 0.29) is 42.3 Å². The first kappa shape index (κ1) is 15.6. The first-order valence-corrected chi connectivity index (χ1v) is 7.27. The van der Waals surface area contributed by atoms with E-state index in [0.717, 1.165) is 0 Å². The topological polar surface area (TPSA) is 42.0 Å². The molecule has 0 bridgehead atoms. The molecule has 0 aliphatic carbocycles. The standard InChI is InChI=1S/C9H10ClF3N2OS2/c10-4-6-5-17-8(15-6)3-7(16)14-1-2-18-9(11,12)13/h5H,1-4H2,(H,14,16). The van der Waals surface area contributed by atoms with Crippen LogP contribution in [0, 0.1) is 0 Å². The summed E-state index contributed by atoms with van der Waals surface area (Å²) in [5.41, 5.74) is -3.56. The van der Waals surface area contributed by atoms with Crippen molar-refractivity contribution >= 4 is 40.6 Å². The Morgan fingerprint density at radius 1 is 1.56 bits per heavy atom. The van der Waals surface area contributed by atoms with Crippen molar-refractivity contribution in [1.82, 2.24) is 10.3 Å². The third-order valence-electron chi connectivity index (χ3n) is 1.74. The van der Waals surface area contributed by atoms with E-state index in [1.807, 2.05) is 0 Å². The molecule has 0 saturated carbocycles. The van der Waals surface area contributed by atoms with Crippen LogP contribution in [0.3, 0.4) is 0 Å². The Morgan fingerprint density at radius 2 is 2.28 bits per heavy atom. The quantitative estimate of drug-likeness (QED) is 0.648. The lowest BCUT2D eigenvalue weighted by molar-refractivity contribution is -0.120. The van der Waals surface area contributed by atoms with Crippen LogP contribution < -0.4 is 5.32 Å². The van der Waals surface area contributed by atoms with E-state index in [4.69, 9.17) is 11.6 Å². The van der Waals surface area contributed by atoms with E-state index >= 15 is 0 Å². The molecule has 0 spiro atoms. The molecular weight excluding hydrogens is 309 g/mol. The number of thioether (sulfide) groups is 1. The van der Waals surface area contributed by atoms with Crippen molar-refractivity contribution in [1.29, 1.82) is 0 Å². The molecule has 0 fully saturated rings. The van der Waals surface area contributed by atoms with Crippen LogP contribution >= 0.6 is 34.7 Å². The van der Waals surface area contributed by atoms with E-state index in [2.05, 4.69) is 10.3 Å². The van der Waals surface area contributed by atoms with Gasteiger partial charge in [-0.15, -0.1) is 22.9 Å². The van der Waals surface area contributed by atoms with Gasteiger partial charge in [0.05, 0.1) is 18.0 Å². The maximum absolute atomic E-state index is 11.8. The highest BCUT2D eigenvalue weighted by Gasteiger charge is 2.27. The molecule has 0 unspecified atom stereocenters. The summed E-state index contributed by atoms with van der Waals surface area (Å²) in [6, 6.07) is 0. The van der Waals surface area contributed by atoms with Gasteiger partial charge in [-0.1, -0.05) is 0 Å². The zero-order valence-corrected chi connectivity index (χ0v) is 11.5. The summed E-state index contributed by atoms with van der Waals surface area (Å²) in [5.74, 6) is -0.256. The zero-order chi connectivity index (χ0) is 13.6. The van der Waals surface area contributed by atoms with Crippen molar-refractivity contribution in [3.8, 4) is 0 Å². The lowest BCUT2D eigenvalue weighted by Crippen LogP contribution is -2.27. The van der Waals surface area contributed by atoms with Crippen LogP contribution in [-0.2, 0) is 17.1 Å².